The number of aromatic nitrogens is 4. The van der Waals surface area contributed by atoms with E-state index in [4.69, 9.17) is 9.97 Å². The van der Waals surface area contributed by atoms with Crippen LogP contribution in [0.3, 0.4) is 0 Å². The number of nitrogens with zero attached hydrogens (tertiary/aromatic N) is 5. The molecule has 10 heteroatoms. The molecule has 0 unspecified atom stereocenters. The monoisotopic (exact) mass is 543 g/mol. The first kappa shape index (κ1) is 25.7. The molecule has 6 rings (SSSR count). The van der Waals surface area contributed by atoms with Crippen LogP contribution < -0.4 is 15.5 Å². The number of anilines is 2. The molecule has 8 nitrogen and oxygen atoms in total. The molecule has 1 saturated heterocycles. The summed E-state index contributed by atoms with van der Waals surface area (Å²) in [6, 6.07) is 23.0. The predicted octanol–water partition coefficient (Wildman–Crippen LogP) is 5.29. The summed E-state index contributed by atoms with van der Waals surface area (Å²) in [7, 11) is 0. The molecule has 0 spiro atoms. The largest absolute Gasteiger partial charge is 0.355 e. The van der Waals surface area contributed by atoms with E-state index in [1.54, 1.807) is 12.3 Å². The van der Waals surface area contributed by atoms with Crippen molar-refractivity contribution in [2.45, 2.75) is 6.42 Å². The third-order valence-electron chi connectivity index (χ3n) is 6.21. The van der Waals surface area contributed by atoms with Crippen LogP contribution in [-0.2, 0) is 0 Å². The summed E-state index contributed by atoms with van der Waals surface area (Å²) >= 11 is 1.50. The molecule has 0 saturated carbocycles. The van der Waals surface area contributed by atoms with E-state index < -0.39 is 0 Å². The maximum atomic E-state index is 13.6. The van der Waals surface area contributed by atoms with Crippen molar-refractivity contribution in [1.29, 1.82) is 0 Å². The van der Waals surface area contributed by atoms with E-state index in [-0.39, 0.29) is 18.3 Å². The molecule has 38 heavy (non-hydrogen) atoms. The van der Waals surface area contributed by atoms with Gasteiger partial charge in [-0.2, -0.15) is 0 Å². The molecule has 1 fully saturated rings. The second-order valence-corrected chi connectivity index (χ2v) is 9.72. The summed E-state index contributed by atoms with van der Waals surface area (Å²) in [4.78, 5) is 35.3. The van der Waals surface area contributed by atoms with Gasteiger partial charge in [0, 0.05) is 43.0 Å². The van der Waals surface area contributed by atoms with Crippen molar-refractivity contribution >= 4 is 51.5 Å². The van der Waals surface area contributed by atoms with Crippen LogP contribution in [-0.4, -0.2) is 52.0 Å². The van der Waals surface area contributed by atoms with Crippen LogP contribution in [0, 0.1) is 0 Å². The van der Waals surface area contributed by atoms with Gasteiger partial charge in [0.25, 0.3) is 5.91 Å². The van der Waals surface area contributed by atoms with E-state index in [1.807, 2.05) is 66.7 Å². The maximum absolute atomic E-state index is 13.6. The minimum absolute atomic E-state index is 0. The predicted molar refractivity (Wildman–Crippen MR) is 155 cm³/mol. The lowest BCUT2D eigenvalue weighted by Crippen LogP contribution is -2.29. The standard InChI is InChI=1S/C28H25N7OS.ClH/c36-26(32-21-11-5-4-10-20(21)27-33-22-12-6-14-30-28(22)37-27)23-18-24(35-16-7-13-29-15-17-35)34-25(31-23)19-8-2-1-3-9-19;/h1-6,8-12,14,18,29H,7,13,15-17H2,(H,32,36);1H. The highest BCUT2D eigenvalue weighted by atomic mass is 35.5. The summed E-state index contributed by atoms with van der Waals surface area (Å²) in [6.45, 7) is 3.53. The minimum atomic E-state index is -0.291. The fourth-order valence-corrected chi connectivity index (χ4v) is 5.30. The van der Waals surface area contributed by atoms with E-state index in [1.165, 1.54) is 11.3 Å². The van der Waals surface area contributed by atoms with Crippen LogP contribution in [0.5, 0.6) is 0 Å². The molecule has 2 aromatic carbocycles. The van der Waals surface area contributed by atoms with Crippen molar-refractivity contribution in [2.75, 3.05) is 36.4 Å². The van der Waals surface area contributed by atoms with Gasteiger partial charge in [-0.05, 0) is 37.2 Å². The molecule has 0 bridgehead atoms. The van der Waals surface area contributed by atoms with Crippen LogP contribution in [0.25, 0.3) is 32.3 Å². The highest BCUT2D eigenvalue weighted by Crippen LogP contribution is 2.34. The Kier molecular flexibility index (Phi) is 7.88. The van der Waals surface area contributed by atoms with Crippen molar-refractivity contribution in [2.24, 2.45) is 0 Å². The van der Waals surface area contributed by atoms with Gasteiger partial charge in [-0.1, -0.05) is 53.8 Å². The molecule has 2 N–H and O–H groups in total. The lowest BCUT2D eigenvalue weighted by Gasteiger charge is -2.22. The molecule has 0 aliphatic carbocycles. The van der Waals surface area contributed by atoms with Gasteiger partial charge in [-0.15, -0.1) is 12.4 Å². The van der Waals surface area contributed by atoms with Gasteiger partial charge in [-0.25, -0.2) is 19.9 Å². The first-order valence-electron chi connectivity index (χ1n) is 12.3. The van der Waals surface area contributed by atoms with Gasteiger partial charge in [0.15, 0.2) is 5.82 Å². The van der Waals surface area contributed by atoms with Gasteiger partial charge >= 0.3 is 0 Å². The number of benzene rings is 2. The number of fused-ring (bicyclic) bond motifs is 1. The first-order valence-corrected chi connectivity index (χ1v) is 13.1. The minimum Gasteiger partial charge on any atom is -0.355 e. The highest BCUT2D eigenvalue weighted by molar-refractivity contribution is 7.21. The Bertz CT molecular complexity index is 1520. The maximum Gasteiger partial charge on any atom is 0.274 e. The third-order valence-corrected chi connectivity index (χ3v) is 7.23. The topological polar surface area (TPSA) is 95.9 Å². The molecule has 0 atom stereocenters. The van der Waals surface area contributed by atoms with Crippen molar-refractivity contribution in [1.82, 2.24) is 25.3 Å². The number of para-hydroxylation sites is 1. The average molecular weight is 544 g/mol. The van der Waals surface area contributed by atoms with Crippen LogP contribution in [0.4, 0.5) is 11.5 Å². The number of halogens is 1. The number of nitrogens with one attached hydrogen (secondary N) is 2. The number of rotatable bonds is 5. The van der Waals surface area contributed by atoms with Crippen molar-refractivity contribution in [3.63, 3.8) is 0 Å². The SMILES string of the molecule is Cl.O=C(Nc1ccccc1-c1nc2cccnc2s1)c1cc(N2CCCNCC2)nc(-c2ccccc2)n1. The Morgan fingerprint density at radius 2 is 1.76 bits per heavy atom. The molecule has 3 aromatic heterocycles. The van der Waals surface area contributed by atoms with E-state index in [9.17, 15) is 4.79 Å². The molecule has 1 amide bonds. The summed E-state index contributed by atoms with van der Waals surface area (Å²) in [5.74, 6) is 1.000. The van der Waals surface area contributed by atoms with Gasteiger partial charge < -0.3 is 15.5 Å². The van der Waals surface area contributed by atoms with Crippen molar-refractivity contribution in [3.8, 4) is 22.0 Å². The van der Waals surface area contributed by atoms with E-state index >= 15 is 0 Å². The third kappa shape index (κ3) is 5.50. The zero-order valence-electron chi connectivity index (χ0n) is 20.5. The Labute approximate surface area is 230 Å². The number of hydrogen-bond acceptors (Lipinski definition) is 8. The lowest BCUT2D eigenvalue weighted by molar-refractivity contribution is 0.102. The molecule has 192 valence electrons. The second kappa shape index (κ2) is 11.6. The number of amides is 1. The Balaban J connectivity index is 0.00000294. The Hall–Kier alpha value is -3.92. The Morgan fingerprint density at radius 1 is 0.921 bits per heavy atom. The van der Waals surface area contributed by atoms with Gasteiger partial charge in [0.05, 0.1) is 5.69 Å². The molecular weight excluding hydrogens is 518 g/mol. The molecule has 0 radical (unpaired) electrons. The normalized spacial score (nSPS) is 13.5. The quantitative estimate of drug-likeness (QED) is 0.311. The summed E-state index contributed by atoms with van der Waals surface area (Å²) in [5.41, 5.74) is 3.54. The molecular formula is C28H26ClN7OS. The average Bonchev–Trinajstić information content (AvgIpc) is 3.19. The molecule has 5 aromatic rings. The van der Waals surface area contributed by atoms with Gasteiger partial charge in [0.1, 0.15) is 26.9 Å². The fourth-order valence-electron chi connectivity index (χ4n) is 4.35. The zero-order valence-corrected chi connectivity index (χ0v) is 22.1. The van der Waals surface area contributed by atoms with Crippen LogP contribution in [0.15, 0.2) is 79.0 Å². The van der Waals surface area contributed by atoms with Crippen LogP contribution in [0.2, 0.25) is 0 Å². The van der Waals surface area contributed by atoms with Crippen molar-refractivity contribution < 1.29 is 4.79 Å². The van der Waals surface area contributed by atoms with E-state index in [0.29, 0.717) is 17.2 Å². The van der Waals surface area contributed by atoms with Crippen LogP contribution in [0.1, 0.15) is 16.9 Å². The van der Waals surface area contributed by atoms with Gasteiger partial charge in [0.2, 0.25) is 0 Å². The smallest absolute Gasteiger partial charge is 0.274 e. The van der Waals surface area contributed by atoms with Crippen LogP contribution >= 0.6 is 23.7 Å². The number of hydrogen-bond donors (Lipinski definition) is 2. The summed E-state index contributed by atoms with van der Waals surface area (Å²) < 4.78 is 0. The number of thiazole rings is 1. The Morgan fingerprint density at radius 3 is 2.63 bits per heavy atom. The highest BCUT2D eigenvalue weighted by Gasteiger charge is 2.19. The van der Waals surface area contributed by atoms with Gasteiger partial charge in [-0.3, -0.25) is 4.79 Å². The second-order valence-electron chi connectivity index (χ2n) is 8.74. The van der Waals surface area contributed by atoms with E-state index in [2.05, 4.69) is 25.5 Å². The van der Waals surface area contributed by atoms with E-state index in [0.717, 1.165) is 64.9 Å². The molecule has 4 heterocycles. The first-order chi connectivity index (χ1) is 18.2. The number of pyridine rings is 1. The molecule has 1 aliphatic rings. The van der Waals surface area contributed by atoms with Crippen molar-refractivity contribution in [3.05, 3.63) is 84.7 Å². The fraction of sp³-hybridized carbons (Fsp3) is 0.179. The zero-order chi connectivity index (χ0) is 25.0. The summed E-state index contributed by atoms with van der Waals surface area (Å²) in [5, 5.41) is 7.30. The number of carbonyl (C=O) groups is 1. The molecule has 1 aliphatic heterocycles. The lowest BCUT2D eigenvalue weighted by atomic mass is 10.1. The summed E-state index contributed by atoms with van der Waals surface area (Å²) in [6.07, 6.45) is 2.77. The number of carbonyl (C=O) groups excluding carboxylic acids is 1.